The van der Waals surface area contributed by atoms with E-state index in [9.17, 15) is 0 Å². The van der Waals surface area contributed by atoms with Gasteiger partial charge in [0.1, 0.15) is 5.82 Å². The van der Waals surface area contributed by atoms with Gasteiger partial charge < -0.3 is 20.1 Å². The number of hydrogen-bond acceptors (Lipinski definition) is 6. The van der Waals surface area contributed by atoms with Gasteiger partial charge in [0.05, 0.1) is 18.9 Å². The summed E-state index contributed by atoms with van der Waals surface area (Å²) in [7, 11) is 2.14. The number of anilines is 2. The average molecular weight is 320 g/mol. The standard InChI is InChI=1S/C17H28N4O2/c1-21(14-5-3-2-4-6-14)16-11-15(13-7-10-23-12-13)19-17(20-16)18-8-9-22/h11,13-14,22H,2-10,12H2,1H3,(H,18,19,20)/t13-/m1/s1. The van der Waals surface area contributed by atoms with Gasteiger partial charge in [0, 0.05) is 38.2 Å². The van der Waals surface area contributed by atoms with Gasteiger partial charge in [0.15, 0.2) is 0 Å². The molecular formula is C17H28N4O2. The zero-order valence-electron chi connectivity index (χ0n) is 14.0. The van der Waals surface area contributed by atoms with E-state index in [0.717, 1.165) is 31.1 Å². The molecule has 1 atom stereocenters. The second kappa shape index (κ2) is 7.93. The molecule has 2 heterocycles. The Morgan fingerprint density at radius 1 is 1.26 bits per heavy atom. The molecule has 0 bridgehead atoms. The predicted octanol–water partition coefficient (Wildman–Crippen LogP) is 2.15. The van der Waals surface area contributed by atoms with Crippen molar-refractivity contribution >= 4 is 11.8 Å². The summed E-state index contributed by atoms with van der Waals surface area (Å²) in [5.41, 5.74) is 1.05. The van der Waals surface area contributed by atoms with Gasteiger partial charge >= 0.3 is 0 Å². The molecule has 1 aromatic heterocycles. The molecule has 1 aliphatic carbocycles. The van der Waals surface area contributed by atoms with Gasteiger partial charge in [-0.05, 0) is 19.3 Å². The Morgan fingerprint density at radius 2 is 2.09 bits per heavy atom. The first-order chi connectivity index (χ1) is 11.3. The highest BCUT2D eigenvalue weighted by Gasteiger charge is 2.24. The summed E-state index contributed by atoms with van der Waals surface area (Å²) in [4.78, 5) is 11.6. The third-order valence-electron chi connectivity index (χ3n) is 4.96. The molecular weight excluding hydrogens is 292 g/mol. The fourth-order valence-electron chi connectivity index (χ4n) is 3.51. The molecule has 3 rings (SSSR count). The van der Waals surface area contributed by atoms with Crippen molar-refractivity contribution < 1.29 is 9.84 Å². The van der Waals surface area contributed by atoms with Crippen LogP contribution in [0.1, 0.15) is 50.1 Å². The van der Waals surface area contributed by atoms with E-state index in [4.69, 9.17) is 9.84 Å². The Balaban J connectivity index is 1.82. The fourth-order valence-corrected chi connectivity index (χ4v) is 3.51. The van der Waals surface area contributed by atoms with Crippen LogP contribution in [0.25, 0.3) is 0 Å². The van der Waals surface area contributed by atoms with Crippen molar-refractivity contribution in [1.29, 1.82) is 0 Å². The van der Waals surface area contributed by atoms with Crippen LogP contribution in [0.5, 0.6) is 0 Å². The SMILES string of the molecule is CN(c1cc([C@@H]2CCOC2)nc(NCCO)n1)C1CCCCC1. The van der Waals surface area contributed by atoms with Gasteiger partial charge in [-0.1, -0.05) is 19.3 Å². The third kappa shape index (κ3) is 4.12. The van der Waals surface area contributed by atoms with E-state index in [-0.39, 0.29) is 6.61 Å². The largest absolute Gasteiger partial charge is 0.395 e. The molecule has 6 heteroatoms. The summed E-state index contributed by atoms with van der Waals surface area (Å²) in [6.07, 6.45) is 7.45. The Labute approximate surface area is 138 Å². The molecule has 128 valence electrons. The zero-order chi connectivity index (χ0) is 16.1. The molecule has 2 fully saturated rings. The van der Waals surface area contributed by atoms with Crippen LogP contribution < -0.4 is 10.2 Å². The lowest BCUT2D eigenvalue weighted by Crippen LogP contribution is -2.34. The number of nitrogens with one attached hydrogen (secondary N) is 1. The maximum atomic E-state index is 9.04. The van der Waals surface area contributed by atoms with Crippen LogP contribution in [0.3, 0.4) is 0 Å². The third-order valence-corrected chi connectivity index (χ3v) is 4.96. The monoisotopic (exact) mass is 320 g/mol. The summed E-state index contributed by atoms with van der Waals surface area (Å²) in [6.45, 7) is 2.09. The highest BCUT2D eigenvalue weighted by Crippen LogP contribution is 2.30. The summed E-state index contributed by atoms with van der Waals surface area (Å²) in [6, 6.07) is 2.69. The van der Waals surface area contributed by atoms with Gasteiger partial charge in [-0.3, -0.25) is 0 Å². The fraction of sp³-hybridized carbons (Fsp3) is 0.765. The lowest BCUT2D eigenvalue weighted by Gasteiger charge is -2.32. The first-order valence-corrected chi connectivity index (χ1v) is 8.82. The quantitative estimate of drug-likeness (QED) is 0.837. The number of rotatable bonds is 6. The molecule has 0 amide bonds. The van der Waals surface area contributed by atoms with Gasteiger partial charge in [0.2, 0.25) is 5.95 Å². The molecule has 0 spiro atoms. The molecule has 0 unspecified atom stereocenters. The molecule has 23 heavy (non-hydrogen) atoms. The minimum Gasteiger partial charge on any atom is -0.395 e. The topological polar surface area (TPSA) is 70.5 Å². The van der Waals surface area contributed by atoms with Crippen LogP contribution >= 0.6 is 0 Å². The van der Waals surface area contributed by atoms with E-state index in [1.807, 2.05) is 0 Å². The number of aliphatic hydroxyl groups is 1. The van der Waals surface area contributed by atoms with E-state index in [0.29, 0.717) is 24.5 Å². The van der Waals surface area contributed by atoms with Crippen molar-refractivity contribution in [1.82, 2.24) is 9.97 Å². The van der Waals surface area contributed by atoms with Crippen molar-refractivity contribution in [2.45, 2.75) is 50.5 Å². The Hall–Kier alpha value is -1.40. The minimum absolute atomic E-state index is 0.0773. The molecule has 1 saturated carbocycles. The van der Waals surface area contributed by atoms with Crippen molar-refractivity contribution in [2.75, 3.05) is 43.6 Å². The minimum atomic E-state index is 0.0773. The van der Waals surface area contributed by atoms with Crippen LogP contribution in [0.4, 0.5) is 11.8 Å². The molecule has 2 N–H and O–H groups in total. The summed E-state index contributed by atoms with van der Waals surface area (Å²) in [5.74, 6) is 1.95. The Kier molecular flexibility index (Phi) is 5.67. The smallest absolute Gasteiger partial charge is 0.224 e. The van der Waals surface area contributed by atoms with Crippen molar-refractivity contribution in [3.05, 3.63) is 11.8 Å². The Morgan fingerprint density at radius 3 is 2.78 bits per heavy atom. The van der Waals surface area contributed by atoms with Crippen LogP contribution in [-0.4, -0.2) is 54.5 Å². The first-order valence-electron chi connectivity index (χ1n) is 8.82. The molecule has 2 aliphatic rings. The van der Waals surface area contributed by atoms with E-state index in [1.165, 1.54) is 32.1 Å². The average Bonchev–Trinajstić information content (AvgIpc) is 3.14. The summed E-state index contributed by atoms with van der Waals surface area (Å²) >= 11 is 0. The van der Waals surface area contributed by atoms with Crippen LogP contribution in [-0.2, 0) is 4.74 Å². The molecule has 1 aliphatic heterocycles. The van der Waals surface area contributed by atoms with E-state index < -0.39 is 0 Å². The second-order valence-corrected chi connectivity index (χ2v) is 6.59. The first kappa shape index (κ1) is 16.5. The normalized spacial score (nSPS) is 22.3. The maximum absolute atomic E-state index is 9.04. The number of hydrogen-bond donors (Lipinski definition) is 2. The van der Waals surface area contributed by atoms with E-state index >= 15 is 0 Å². The van der Waals surface area contributed by atoms with Crippen molar-refractivity contribution in [3.63, 3.8) is 0 Å². The van der Waals surface area contributed by atoms with Crippen LogP contribution in [0.15, 0.2) is 6.07 Å². The number of aromatic nitrogens is 2. The molecule has 1 aromatic rings. The molecule has 0 radical (unpaired) electrons. The van der Waals surface area contributed by atoms with Crippen LogP contribution in [0, 0.1) is 0 Å². The van der Waals surface area contributed by atoms with Gasteiger partial charge in [-0.25, -0.2) is 4.98 Å². The molecule has 1 saturated heterocycles. The lowest BCUT2D eigenvalue weighted by molar-refractivity contribution is 0.193. The van der Waals surface area contributed by atoms with Crippen LogP contribution in [0.2, 0.25) is 0 Å². The number of aliphatic hydroxyl groups excluding tert-OH is 1. The van der Waals surface area contributed by atoms with E-state index in [1.54, 1.807) is 0 Å². The van der Waals surface area contributed by atoms with E-state index in [2.05, 4.69) is 33.3 Å². The molecule has 6 nitrogen and oxygen atoms in total. The van der Waals surface area contributed by atoms with Crippen molar-refractivity contribution in [2.24, 2.45) is 0 Å². The highest BCUT2D eigenvalue weighted by atomic mass is 16.5. The van der Waals surface area contributed by atoms with Gasteiger partial charge in [0.25, 0.3) is 0 Å². The van der Waals surface area contributed by atoms with Gasteiger partial charge in [-0.2, -0.15) is 4.98 Å². The second-order valence-electron chi connectivity index (χ2n) is 6.59. The zero-order valence-corrected chi connectivity index (χ0v) is 14.0. The summed E-state index contributed by atoms with van der Waals surface area (Å²) in [5, 5.41) is 12.2. The summed E-state index contributed by atoms with van der Waals surface area (Å²) < 4.78 is 5.51. The Bertz CT molecular complexity index is 499. The van der Waals surface area contributed by atoms with Crippen molar-refractivity contribution in [3.8, 4) is 0 Å². The lowest BCUT2D eigenvalue weighted by atomic mass is 9.94. The number of ether oxygens (including phenoxy) is 1. The predicted molar refractivity (Wildman–Crippen MR) is 91.1 cm³/mol. The molecule has 0 aromatic carbocycles. The maximum Gasteiger partial charge on any atom is 0.224 e. The highest BCUT2D eigenvalue weighted by molar-refractivity contribution is 5.46. The number of nitrogens with zero attached hydrogens (tertiary/aromatic N) is 3. The van der Waals surface area contributed by atoms with Gasteiger partial charge in [-0.15, -0.1) is 0 Å².